The molecule has 1 unspecified atom stereocenters. The molecule has 2 heterocycles. The fraction of sp³-hybridized carbons (Fsp3) is 0.207. The Bertz CT molecular complexity index is 1470. The number of ether oxygens (including phenoxy) is 1. The molecule has 3 aromatic carbocycles. The van der Waals surface area contributed by atoms with Gasteiger partial charge in [0.1, 0.15) is 11.5 Å². The van der Waals surface area contributed by atoms with Crippen LogP contribution in [0, 0.1) is 12.8 Å². The van der Waals surface area contributed by atoms with E-state index in [1.165, 1.54) is 4.90 Å². The number of carbonyl (C=O) groups is 2. The molecule has 1 aromatic heterocycles. The van der Waals surface area contributed by atoms with Crippen LogP contribution in [0.25, 0.3) is 16.8 Å². The number of nitrogens with one attached hydrogen (secondary N) is 1. The number of carbonyl (C=O) groups excluding carboxylic acids is 2. The van der Waals surface area contributed by atoms with Gasteiger partial charge in [0.05, 0.1) is 29.3 Å². The van der Waals surface area contributed by atoms with Gasteiger partial charge in [-0.15, -0.1) is 0 Å². The van der Waals surface area contributed by atoms with Gasteiger partial charge in [0, 0.05) is 5.56 Å². The van der Waals surface area contributed by atoms with E-state index in [2.05, 4.69) is 9.97 Å². The van der Waals surface area contributed by atoms with E-state index in [0.717, 1.165) is 11.1 Å². The average Bonchev–Trinajstić information content (AvgIpc) is 3.41. The molecule has 0 spiro atoms. The minimum absolute atomic E-state index is 0.00654. The van der Waals surface area contributed by atoms with Crippen molar-refractivity contribution < 1.29 is 19.4 Å². The lowest BCUT2D eigenvalue weighted by molar-refractivity contribution is -0.132. The molecule has 7 nitrogen and oxygen atoms in total. The normalized spacial score (nSPS) is 17.3. The van der Waals surface area contributed by atoms with Crippen molar-refractivity contribution in [2.45, 2.75) is 26.8 Å². The molecule has 1 amide bonds. The van der Waals surface area contributed by atoms with Gasteiger partial charge >= 0.3 is 5.91 Å². The number of aliphatic hydroxyl groups excluding tert-OH is 1. The molecule has 7 heteroatoms. The monoisotopic (exact) mass is 481 g/mol. The van der Waals surface area contributed by atoms with E-state index in [4.69, 9.17) is 4.74 Å². The molecule has 0 bridgehead atoms. The van der Waals surface area contributed by atoms with Crippen LogP contribution in [0.3, 0.4) is 0 Å². The van der Waals surface area contributed by atoms with Gasteiger partial charge in [-0.2, -0.15) is 0 Å². The molecule has 1 atom stereocenters. The fourth-order valence-corrected chi connectivity index (χ4v) is 4.41. The Morgan fingerprint density at radius 3 is 2.58 bits per heavy atom. The first-order valence-corrected chi connectivity index (χ1v) is 11.9. The number of aryl methyl sites for hydroxylation is 1. The number of para-hydroxylation sites is 2. The van der Waals surface area contributed by atoms with Crippen molar-refractivity contribution in [2.75, 3.05) is 11.5 Å². The second kappa shape index (κ2) is 9.34. The van der Waals surface area contributed by atoms with Crippen LogP contribution in [0.2, 0.25) is 0 Å². The van der Waals surface area contributed by atoms with Gasteiger partial charge in [0.2, 0.25) is 5.95 Å². The van der Waals surface area contributed by atoms with Crippen molar-refractivity contribution in [3.05, 3.63) is 95.1 Å². The van der Waals surface area contributed by atoms with Gasteiger partial charge < -0.3 is 14.8 Å². The van der Waals surface area contributed by atoms with Gasteiger partial charge in [-0.25, -0.2) is 4.98 Å². The number of aliphatic hydroxyl groups is 1. The van der Waals surface area contributed by atoms with E-state index in [0.29, 0.717) is 34.9 Å². The van der Waals surface area contributed by atoms with Gasteiger partial charge in [0.15, 0.2) is 0 Å². The second-order valence-electron chi connectivity index (χ2n) is 9.39. The number of nitrogens with zero attached hydrogens (tertiary/aromatic N) is 2. The highest BCUT2D eigenvalue weighted by atomic mass is 16.5. The van der Waals surface area contributed by atoms with Crippen LogP contribution in [-0.2, 0) is 9.59 Å². The number of aromatic amines is 1. The number of imidazole rings is 1. The van der Waals surface area contributed by atoms with E-state index < -0.39 is 17.7 Å². The number of hydrogen-bond acceptors (Lipinski definition) is 5. The van der Waals surface area contributed by atoms with Crippen LogP contribution in [0.4, 0.5) is 5.95 Å². The van der Waals surface area contributed by atoms with Crippen molar-refractivity contribution in [3.8, 4) is 5.75 Å². The van der Waals surface area contributed by atoms with E-state index in [1.54, 1.807) is 24.3 Å². The molecule has 1 aliphatic heterocycles. The largest absolute Gasteiger partial charge is 0.507 e. The number of amides is 1. The average molecular weight is 482 g/mol. The molecule has 4 aromatic rings. The summed E-state index contributed by atoms with van der Waals surface area (Å²) in [5.74, 6) is -0.627. The summed E-state index contributed by atoms with van der Waals surface area (Å²) in [6.45, 7) is 6.55. The van der Waals surface area contributed by atoms with Gasteiger partial charge in [-0.3, -0.25) is 14.5 Å². The Hall–Kier alpha value is -4.39. The number of benzene rings is 3. The third-order valence-corrected chi connectivity index (χ3v) is 6.10. The molecule has 5 rings (SSSR count). The Morgan fingerprint density at radius 2 is 1.83 bits per heavy atom. The lowest BCUT2D eigenvalue weighted by atomic mass is 9.94. The number of Topliss-reactive ketones (excluding diaryl/α,β-unsaturated/α-hetero) is 1. The molecule has 0 aliphatic carbocycles. The molecule has 0 saturated carbocycles. The molecular formula is C29H27N3O4. The predicted octanol–water partition coefficient (Wildman–Crippen LogP) is 5.53. The summed E-state index contributed by atoms with van der Waals surface area (Å²) < 4.78 is 5.81. The van der Waals surface area contributed by atoms with Gasteiger partial charge in [-0.1, -0.05) is 67.9 Å². The molecule has 36 heavy (non-hydrogen) atoms. The highest BCUT2D eigenvalue weighted by molar-refractivity contribution is 6.51. The summed E-state index contributed by atoms with van der Waals surface area (Å²) in [6, 6.07) is 21.0. The molecule has 2 N–H and O–H groups in total. The molecule has 182 valence electrons. The van der Waals surface area contributed by atoms with Crippen LogP contribution in [0.15, 0.2) is 78.4 Å². The van der Waals surface area contributed by atoms with Crippen molar-refractivity contribution in [1.82, 2.24) is 9.97 Å². The zero-order chi connectivity index (χ0) is 25.4. The van der Waals surface area contributed by atoms with E-state index in [1.807, 2.05) is 69.3 Å². The highest BCUT2D eigenvalue weighted by Crippen LogP contribution is 2.42. The van der Waals surface area contributed by atoms with Crippen LogP contribution in [0.5, 0.6) is 5.75 Å². The van der Waals surface area contributed by atoms with Crippen LogP contribution in [0.1, 0.15) is 36.6 Å². The first kappa shape index (κ1) is 23.4. The smallest absolute Gasteiger partial charge is 0.302 e. The van der Waals surface area contributed by atoms with Crippen LogP contribution < -0.4 is 9.64 Å². The standard InChI is InChI=1S/C29H27N3O4/c1-17(2)16-36-21-11-7-10-20(15-21)26(33)24-25(19-9-6-8-18(3)14-19)32(28(35)27(24)34)29-30-22-12-4-5-13-23(22)31-29/h4-15,17,25,33H,16H2,1-3H3,(H,30,31)/b26-24+. The number of H-pyrrole nitrogens is 1. The lowest BCUT2D eigenvalue weighted by Crippen LogP contribution is -2.30. The SMILES string of the molecule is Cc1cccc(C2/C(=C(\O)c3cccc(OCC(C)C)c3)C(=O)C(=O)N2c2nc3ccccc3[nH]2)c1. The molecule has 1 aliphatic rings. The summed E-state index contributed by atoms with van der Waals surface area (Å²) in [6.07, 6.45) is 0. The first-order chi connectivity index (χ1) is 17.3. The van der Waals surface area contributed by atoms with E-state index in [-0.39, 0.29) is 17.3 Å². The van der Waals surface area contributed by atoms with Crippen molar-refractivity contribution in [1.29, 1.82) is 0 Å². The maximum atomic E-state index is 13.4. The number of anilines is 1. The van der Waals surface area contributed by atoms with Gasteiger partial charge in [0.25, 0.3) is 5.78 Å². The van der Waals surface area contributed by atoms with Crippen molar-refractivity contribution in [3.63, 3.8) is 0 Å². The minimum atomic E-state index is -0.856. The summed E-state index contributed by atoms with van der Waals surface area (Å²) in [7, 11) is 0. The Labute approximate surface area is 209 Å². The quantitative estimate of drug-likeness (QED) is 0.214. The second-order valence-corrected chi connectivity index (χ2v) is 9.39. The van der Waals surface area contributed by atoms with Crippen molar-refractivity contribution >= 4 is 34.4 Å². The van der Waals surface area contributed by atoms with Crippen LogP contribution in [-0.4, -0.2) is 33.4 Å². The highest BCUT2D eigenvalue weighted by Gasteiger charge is 2.48. The van der Waals surface area contributed by atoms with Crippen molar-refractivity contribution in [2.24, 2.45) is 5.92 Å². The molecule has 1 saturated heterocycles. The Balaban J connectivity index is 1.66. The molecular weight excluding hydrogens is 454 g/mol. The third kappa shape index (κ3) is 4.24. The number of ketones is 1. The summed E-state index contributed by atoms with van der Waals surface area (Å²) in [5.41, 5.74) is 3.48. The maximum Gasteiger partial charge on any atom is 0.302 e. The topological polar surface area (TPSA) is 95.5 Å². The third-order valence-electron chi connectivity index (χ3n) is 6.10. The Kier molecular flexibility index (Phi) is 6.06. The summed E-state index contributed by atoms with van der Waals surface area (Å²) >= 11 is 0. The number of hydrogen-bond donors (Lipinski definition) is 2. The van der Waals surface area contributed by atoms with E-state index >= 15 is 0 Å². The minimum Gasteiger partial charge on any atom is -0.507 e. The van der Waals surface area contributed by atoms with E-state index in [9.17, 15) is 14.7 Å². The molecule has 1 fully saturated rings. The molecule has 0 radical (unpaired) electrons. The number of fused-ring (bicyclic) bond motifs is 1. The van der Waals surface area contributed by atoms with Crippen LogP contribution >= 0.6 is 0 Å². The zero-order valence-corrected chi connectivity index (χ0v) is 20.4. The number of aromatic nitrogens is 2. The number of rotatable bonds is 6. The Morgan fingerprint density at radius 1 is 1.06 bits per heavy atom. The fourth-order valence-electron chi connectivity index (χ4n) is 4.41. The summed E-state index contributed by atoms with van der Waals surface area (Å²) in [4.78, 5) is 35.9. The zero-order valence-electron chi connectivity index (χ0n) is 20.4. The predicted molar refractivity (Wildman–Crippen MR) is 139 cm³/mol. The summed E-state index contributed by atoms with van der Waals surface area (Å²) in [5, 5.41) is 11.4. The van der Waals surface area contributed by atoms with Gasteiger partial charge in [-0.05, 0) is 42.7 Å². The first-order valence-electron chi connectivity index (χ1n) is 11.9. The maximum absolute atomic E-state index is 13.4. The lowest BCUT2D eigenvalue weighted by Gasteiger charge is -2.23.